The Kier molecular flexibility index (Phi) is 5.41. The molecule has 0 aromatic rings. The van der Waals surface area contributed by atoms with E-state index in [0.717, 1.165) is 32.6 Å². The van der Waals surface area contributed by atoms with Crippen molar-refractivity contribution in [3.8, 4) is 0 Å². The summed E-state index contributed by atoms with van der Waals surface area (Å²) in [4.78, 5) is 29.7. The van der Waals surface area contributed by atoms with Crippen LogP contribution < -0.4 is 0 Å². The number of amides is 2. The van der Waals surface area contributed by atoms with Crippen molar-refractivity contribution >= 4 is 12.2 Å². The minimum Gasteiger partial charge on any atom is -0.450 e. The first-order valence-corrected chi connectivity index (χ1v) is 9.61. The topological polar surface area (TPSA) is 62.3 Å². The number of hydrogen-bond donors (Lipinski definition) is 0. The minimum absolute atomic E-state index is 0.0297. The van der Waals surface area contributed by atoms with Gasteiger partial charge in [-0.05, 0) is 40.0 Å². The quantitative estimate of drug-likeness (QED) is 0.758. The standard InChI is InChI=1S/C18H31N3O4/c1-4-19(5-2)17(23)25-15-10-20(11-15)14-7-8-18(9-14)12-21(13-18)16(22)24-6-3/h14-15H,4-13H2,1-3H3. The monoisotopic (exact) mass is 353 g/mol. The average molecular weight is 353 g/mol. The minimum atomic E-state index is -0.193. The van der Waals surface area contributed by atoms with E-state index in [4.69, 9.17) is 9.47 Å². The summed E-state index contributed by atoms with van der Waals surface area (Å²) in [6.07, 6.45) is 3.15. The molecule has 1 atom stereocenters. The van der Waals surface area contributed by atoms with Crippen molar-refractivity contribution in [1.29, 1.82) is 0 Å². The van der Waals surface area contributed by atoms with Gasteiger partial charge in [-0.3, -0.25) is 4.90 Å². The molecule has 7 heteroatoms. The predicted molar refractivity (Wildman–Crippen MR) is 93.4 cm³/mol. The zero-order valence-electron chi connectivity index (χ0n) is 15.7. The molecule has 2 amide bonds. The molecule has 1 saturated carbocycles. The van der Waals surface area contributed by atoms with Crippen LogP contribution in [0.15, 0.2) is 0 Å². The molecule has 0 bridgehead atoms. The lowest BCUT2D eigenvalue weighted by Crippen LogP contribution is -2.60. The Morgan fingerprint density at radius 1 is 1.16 bits per heavy atom. The van der Waals surface area contributed by atoms with Gasteiger partial charge < -0.3 is 19.3 Å². The molecule has 0 N–H and O–H groups in total. The van der Waals surface area contributed by atoms with Crippen LogP contribution in [0, 0.1) is 5.41 Å². The second-order valence-electron chi connectivity index (χ2n) is 7.58. The van der Waals surface area contributed by atoms with Crippen LogP contribution >= 0.6 is 0 Å². The van der Waals surface area contributed by atoms with Crippen LogP contribution in [-0.4, -0.2) is 84.9 Å². The number of hydrogen-bond acceptors (Lipinski definition) is 5. The summed E-state index contributed by atoms with van der Waals surface area (Å²) in [6, 6.07) is 0.563. The lowest BCUT2D eigenvalue weighted by molar-refractivity contribution is -0.0517. The molecule has 2 heterocycles. The van der Waals surface area contributed by atoms with E-state index in [2.05, 4.69) is 4.90 Å². The third kappa shape index (κ3) is 3.71. The Morgan fingerprint density at radius 3 is 2.44 bits per heavy atom. The number of carbonyl (C=O) groups is 2. The van der Waals surface area contributed by atoms with E-state index in [-0.39, 0.29) is 18.3 Å². The molecule has 0 aromatic carbocycles. The fourth-order valence-corrected chi connectivity index (χ4v) is 4.42. The van der Waals surface area contributed by atoms with Gasteiger partial charge >= 0.3 is 12.2 Å². The Bertz CT molecular complexity index is 497. The molecule has 1 aliphatic carbocycles. The highest BCUT2D eigenvalue weighted by Gasteiger charge is 2.52. The van der Waals surface area contributed by atoms with E-state index >= 15 is 0 Å². The fourth-order valence-electron chi connectivity index (χ4n) is 4.42. The average Bonchev–Trinajstić information content (AvgIpc) is 2.95. The van der Waals surface area contributed by atoms with E-state index in [9.17, 15) is 9.59 Å². The number of carbonyl (C=O) groups excluding carboxylic acids is 2. The highest BCUT2D eigenvalue weighted by atomic mass is 16.6. The van der Waals surface area contributed by atoms with Crippen LogP contribution in [0.25, 0.3) is 0 Å². The van der Waals surface area contributed by atoms with E-state index in [1.165, 1.54) is 12.8 Å². The van der Waals surface area contributed by atoms with Gasteiger partial charge in [0, 0.05) is 50.7 Å². The van der Waals surface area contributed by atoms with E-state index in [1.807, 2.05) is 25.7 Å². The van der Waals surface area contributed by atoms with Gasteiger partial charge in [0.15, 0.2) is 0 Å². The van der Waals surface area contributed by atoms with Gasteiger partial charge in [0.2, 0.25) is 0 Å². The van der Waals surface area contributed by atoms with Gasteiger partial charge in [-0.25, -0.2) is 9.59 Å². The van der Waals surface area contributed by atoms with Crippen molar-refractivity contribution in [3.63, 3.8) is 0 Å². The van der Waals surface area contributed by atoms with Gasteiger partial charge in [-0.15, -0.1) is 0 Å². The number of rotatable bonds is 5. The zero-order chi connectivity index (χ0) is 18.0. The maximum absolute atomic E-state index is 12.0. The van der Waals surface area contributed by atoms with Crippen molar-refractivity contribution in [2.45, 2.75) is 52.2 Å². The summed E-state index contributed by atoms with van der Waals surface area (Å²) in [6.45, 7) is 10.9. The lowest BCUT2D eigenvalue weighted by Gasteiger charge is -2.49. The van der Waals surface area contributed by atoms with Gasteiger partial charge in [-0.1, -0.05) is 0 Å². The first kappa shape index (κ1) is 18.3. The molecule has 142 valence electrons. The first-order chi connectivity index (χ1) is 12.0. The smallest absolute Gasteiger partial charge is 0.410 e. The fraction of sp³-hybridized carbons (Fsp3) is 0.889. The summed E-state index contributed by atoms with van der Waals surface area (Å²) in [7, 11) is 0. The molecule has 3 fully saturated rings. The molecule has 2 saturated heterocycles. The number of likely N-dealkylation sites (tertiary alicyclic amines) is 2. The van der Waals surface area contributed by atoms with Crippen LogP contribution in [0.2, 0.25) is 0 Å². The van der Waals surface area contributed by atoms with Crippen molar-refractivity contribution in [3.05, 3.63) is 0 Å². The molecule has 0 aromatic heterocycles. The Labute approximate surface area is 150 Å². The molecular formula is C18H31N3O4. The number of nitrogens with zero attached hydrogens (tertiary/aromatic N) is 3. The summed E-state index contributed by atoms with van der Waals surface area (Å²) in [5, 5.41) is 0. The molecule has 1 spiro atoms. The summed E-state index contributed by atoms with van der Waals surface area (Å²) in [5.74, 6) is 0. The van der Waals surface area contributed by atoms with Crippen LogP contribution in [0.4, 0.5) is 9.59 Å². The molecule has 1 unspecified atom stereocenters. The summed E-state index contributed by atoms with van der Waals surface area (Å²) >= 11 is 0. The van der Waals surface area contributed by atoms with E-state index in [1.54, 1.807) is 4.90 Å². The second kappa shape index (κ2) is 7.40. The van der Waals surface area contributed by atoms with Crippen LogP contribution in [-0.2, 0) is 9.47 Å². The van der Waals surface area contributed by atoms with Crippen molar-refractivity contribution in [2.75, 3.05) is 45.9 Å². The van der Waals surface area contributed by atoms with Gasteiger partial charge in [0.1, 0.15) is 6.10 Å². The van der Waals surface area contributed by atoms with Crippen LogP contribution in [0.1, 0.15) is 40.0 Å². The van der Waals surface area contributed by atoms with Crippen LogP contribution in [0.5, 0.6) is 0 Å². The zero-order valence-corrected chi connectivity index (χ0v) is 15.7. The number of ether oxygens (including phenoxy) is 2. The van der Waals surface area contributed by atoms with Crippen molar-refractivity contribution in [1.82, 2.24) is 14.7 Å². The third-order valence-corrected chi connectivity index (χ3v) is 5.94. The van der Waals surface area contributed by atoms with Gasteiger partial charge in [0.25, 0.3) is 0 Å². The Hall–Kier alpha value is -1.50. The predicted octanol–water partition coefficient (Wildman–Crippen LogP) is 2.16. The highest BCUT2D eigenvalue weighted by Crippen LogP contribution is 2.48. The largest absolute Gasteiger partial charge is 0.450 e. The molecule has 3 aliphatic rings. The Morgan fingerprint density at radius 2 is 1.84 bits per heavy atom. The third-order valence-electron chi connectivity index (χ3n) is 5.94. The van der Waals surface area contributed by atoms with Gasteiger partial charge in [0.05, 0.1) is 6.61 Å². The Balaban J connectivity index is 1.38. The van der Waals surface area contributed by atoms with Gasteiger partial charge in [-0.2, -0.15) is 0 Å². The highest BCUT2D eigenvalue weighted by molar-refractivity contribution is 5.69. The van der Waals surface area contributed by atoms with Crippen molar-refractivity contribution in [2.24, 2.45) is 5.41 Å². The van der Waals surface area contributed by atoms with Crippen molar-refractivity contribution < 1.29 is 19.1 Å². The maximum Gasteiger partial charge on any atom is 0.410 e. The van der Waals surface area contributed by atoms with E-state index < -0.39 is 0 Å². The molecule has 3 rings (SSSR count). The maximum atomic E-state index is 12.0. The lowest BCUT2D eigenvalue weighted by atomic mass is 9.78. The molecule has 25 heavy (non-hydrogen) atoms. The second-order valence-corrected chi connectivity index (χ2v) is 7.58. The first-order valence-electron chi connectivity index (χ1n) is 9.61. The normalized spacial score (nSPS) is 25.4. The molecule has 0 radical (unpaired) electrons. The molecule has 2 aliphatic heterocycles. The molecule has 7 nitrogen and oxygen atoms in total. The van der Waals surface area contributed by atoms with E-state index in [0.29, 0.717) is 31.2 Å². The van der Waals surface area contributed by atoms with Crippen LogP contribution in [0.3, 0.4) is 0 Å². The SMILES string of the molecule is CCOC(=O)N1CC2(CCC(N3CC(OC(=O)N(CC)CC)C3)C2)C1. The summed E-state index contributed by atoms with van der Waals surface area (Å²) < 4.78 is 10.6. The summed E-state index contributed by atoms with van der Waals surface area (Å²) in [5.41, 5.74) is 0.292. The molecular weight excluding hydrogens is 322 g/mol.